The van der Waals surface area contributed by atoms with Crippen molar-refractivity contribution < 1.29 is 17.9 Å². The van der Waals surface area contributed by atoms with Crippen molar-refractivity contribution in [2.24, 2.45) is 0 Å². The molecule has 1 aromatic carbocycles. The first-order chi connectivity index (χ1) is 14.5. The minimum absolute atomic E-state index is 0.212. The number of amides is 1. The number of hydrogen-bond acceptors (Lipinski definition) is 7. The van der Waals surface area contributed by atoms with Crippen LogP contribution in [0.3, 0.4) is 0 Å². The predicted octanol–water partition coefficient (Wildman–Crippen LogP) is 1.36. The van der Waals surface area contributed by atoms with Gasteiger partial charge in [0.25, 0.3) is 10.0 Å². The molecule has 30 heavy (non-hydrogen) atoms. The van der Waals surface area contributed by atoms with Crippen molar-refractivity contribution in [3.05, 3.63) is 41.8 Å². The molecule has 1 amide bonds. The number of piperazine rings is 1. The molecule has 10 heteroatoms. The van der Waals surface area contributed by atoms with Crippen LogP contribution in [0.1, 0.15) is 6.42 Å². The summed E-state index contributed by atoms with van der Waals surface area (Å²) in [6, 6.07) is 11.3. The van der Waals surface area contributed by atoms with Crippen molar-refractivity contribution >= 4 is 33.0 Å². The maximum absolute atomic E-state index is 12.0. The first-order valence-corrected chi connectivity index (χ1v) is 12.3. The zero-order valence-corrected chi connectivity index (χ0v) is 18.7. The molecule has 1 aromatic heterocycles. The molecular weight excluding hydrogens is 424 g/mol. The lowest BCUT2D eigenvalue weighted by molar-refractivity contribution is -0.119. The van der Waals surface area contributed by atoms with Crippen LogP contribution in [0.4, 0.5) is 5.69 Å². The maximum Gasteiger partial charge on any atom is 0.250 e. The van der Waals surface area contributed by atoms with Gasteiger partial charge in [0, 0.05) is 38.4 Å². The third-order valence-corrected chi connectivity index (χ3v) is 7.76. The van der Waals surface area contributed by atoms with E-state index in [0.29, 0.717) is 6.54 Å². The molecule has 2 aromatic rings. The normalized spacial score (nSPS) is 15.2. The summed E-state index contributed by atoms with van der Waals surface area (Å²) in [6.45, 7) is 5.05. The number of carbonyl (C=O) groups is 1. The molecule has 3 rings (SSSR count). The Hall–Kier alpha value is -2.14. The summed E-state index contributed by atoms with van der Waals surface area (Å²) in [7, 11) is -1.94. The van der Waals surface area contributed by atoms with Crippen LogP contribution in [0.15, 0.2) is 46.0 Å². The van der Waals surface area contributed by atoms with Gasteiger partial charge >= 0.3 is 0 Å². The van der Waals surface area contributed by atoms with Crippen LogP contribution in [-0.4, -0.2) is 72.1 Å². The summed E-state index contributed by atoms with van der Waals surface area (Å²) in [6.07, 6.45) is 0.825. The largest absolute Gasteiger partial charge is 0.497 e. The average Bonchev–Trinajstić information content (AvgIpc) is 3.32. The fraction of sp³-hybridized carbons (Fsp3) is 0.450. The summed E-state index contributed by atoms with van der Waals surface area (Å²) in [5.41, 5.74) is 1.20. The number of anilines is 1. The van der Waals surface area contributed by atoms with Crippen molar-refractivity contribution in [3.8, 4) is 5.75 Å². The van der Waals surface area contributed by atoms with Gasteiger partial charge in [-0.05, 0) is 48.7 Å². The maximum atomic E-state index is 12.0. The third-order valence-electron chi connectivity index (χ3n) is 4.97. The van der Waals surface area contributed by atoms with Crippen LogP contribution < -0.4 is 19.7 Å². The summed E-state index contributed by atoms with van der Waals surface area (Å²) in [5, 5.41) is 4.46. The van der Waals surface area contributed by atoms with Crippen molar-refractivity contribution in [1.29, 1.82) is 0 Å². The Labute approximate surface area is 181 Å². The van der Waals surface area contributed by atoms with Crippen molar-refractivity contribution in [2.75, 3.05) is 57.8 Å². The van der Waals surface area contributed by atoms with E-state index in [1.807, 2.05) is 12.1 Å². The summed E-state index contributed by atoms with van der Waals surface area (Å²) in [4.78, 5) is 16.6. The molecule has 0 bridgehead atoms. The number of nitrogens with zero attached hydrogens (tertiary/aromatic N) is 2. The van der Waals surface area contributed by atoms with E-state index in [9.17, 15) is 13.2 Å². The first-order valence-electron chi connectivity index (χ1n) is 9.89. The second-order valence-electron chi connectivity index (χ2n) is 6.99. The molecule has 8 nitrogen and oxygen atoms in total. The Balaban J connectivity index is 1.29. The lowest BCUT2D eigenvalue weighted by Crippen LogP contribution is -2.47. The monoisotopic (exact) mass is 452 g/mol. The number of carbonyl (C=O) groups excluding carboxylic acids is 1. The standard InChI is InChI=1S/C20H28N4O4S2/c1-28-18-7-5-17(6-8-18)24-13-11-23(12-14-24)10-3-9-21-19(25)16-22-30(26,27)20-4-2-15-29-20/h2,4-8,15,22H,3,9-14,16H2,1H3,(H,21,25). The van der Waals surface area contributed by atoms with Gasteiger partial charge in [-0.2, -0.15) is 0 Å². The van der Waals surface area contributed by atoms with Gasteiger partial charge in [-0.3, -0.25) is 9.69 Å². The number of sulfonamides is 1. The quantitative estimate of drug-likeness (QED) is 0.529. The Morgan fingerprint density at radius 1 is 1.13 bits per heavy atom. The molecule has 0 radical (unpaired) electrons. The first kappa shape index (κ1) is 22.5. The van der Waals surface area contributed by atoms with Crippen molar-refractivity contribution in [3.63, 3.8) is 0 Å². The number of rotatable bonds is 10. The molecule has 1 aliphatic heterocycles. The van der Waals surface area contributed by atoms with Gasteiger partial charge in [0.05, 0.1) is 13.7 Å². The molecule has 0 atom stereocenters. The van der Waals surface area contributed by atoms with Crippen molar-refractivity contribution in [1.82, 2.24) is 14.9 Å². The van der Waals surface area contributed by atoms with Gasteiger partial charge in [0.15, 0.2) is 0 Å². The zero-order chi connectivity index (χ0) is 21.4. The van der Waals surface area contributed by atoms with Gasteiger partial charge < -0.3 is 15.0 Å². The Morgan fingerprint density at radius 3 is 2.50 bits per heavy atom. The van der Waals surface area contributed by atoms with E-state index in [4.69, 9.17) is 4.74 Å². The highest BCUT2D eigenvalue weighted by atomic mass is 32.2. The van der Waals surface area contributed by atoms with Crippen LogP contribution >= 0.6 is 11.3 Å². The van der Waals surface area contributed by atoms with E-state index in [-0.39, 0.29) is 16.7 Å². The average molecular weight is 453 g/mol. The summed E-state index contributed by atoms with van der Waals surface area (Å²) >= 11 is 1.12. The van der Waals surface area contributed by atoms with Crippen LogP contribution in [0.5, 0.6) is 5.75 Å². The lowest BCUT2D eigenvalue weighted by atomic mass is 10.2. The molecule has 1 saturated heterocycles. The molecule has 0 spiro atoms. The van der Waals surface area contributed by atoms with Gasteiger partial charge in [0.2, 0.25) is 5.91 Å². The summed E-state index contributed by atoms with van der Waals surface area (Å²) < 4.78 is 31.7. The highest BCUT2D eigenvalue weighted by molar-refractivity contribution is 7.91. The fourth-order valence-electron chi connectivity index (χ4n) is 3.26. The Bertz CT molecular complexity index is 893. The topological polar surface area (TPSA) is 91.0 Å². The molecule has 0 unspecified atom stereocenters. The van der Waals surface area contributed by atoms with Gasteiger partial charge in [0.1, 0.15) is 9.96 Å². The number of methoxy groups -OCH3 is 1. The minimum Gasteiger partial charge on any atom is -0.497 e. The van der Waals surface area contributed by atoms with Gasteiger partial charge in [-0.15, -0.1) is 11.3 Å². The molecule has 2 heterocycles. The number of benzene rings is 1. The van der Waals surface area contributed by atoms with E-state index in [1.165, 1.54) is 11.8 Å². The second-order valence-corrected chi connectivity index (χ2v) is 9.93. The molecule has 164 valence electrons. The lowest BCUT2D eigenvalue weighted by Gasteiger charge is -2.36. The molecule has 0 saturated carbocycles. The number of thiophene rings is 1. The number of ether oxygens (including phenoxy) is 1. The Kier molecular flexibility index (Phi) is 8.08. The van der Waals surface area contributed by atoms with Crippen LogP contribution in [0, 0.1) is 0 Å². The van der Waals surface area contributed by atoms with E-state index in [1.54, 1.807) is 18.6 Å². The highest BCUT2D eigenvalue weighted by Crippen LogP contribution is 2.20. The third kappa shape index (κ3) is 6.43. The predicted molar refractivity (Wildman–Crippen MR) is 119 cm³/mol. The molecular formula is C20H28N4O4S2. The van der Waals surface area contributed by atoms with Gasteiger partial charge in [-0.1, -0.05) is 6.07 Å². The second kappa shape index (κ2) is 10.8. The number of hydrogen-bond donors (Lipinski definition) is 2. The summed E-state index contributed by atoms with van der Waals surface area (Å²) in [5.74, 6) is 0.540. The van der Waals surface area contributed by atoms with Crippen molar-refractivity contribution in [2.45, 2.75) is 10.6 Å². The molecule has 2 N–H and O–H groups in total. The SMILES string of the molecule is COc1ccc(N2CCN(CCCNC(=O)CNS(=O)(=O)c3cccs3)CC2)cc1. The highest BCUT2D eigenvalue weighted by Gasteiger charge is 2.18. The van der Waals surface area contributed by atoms with E-state index in [2.05, 4.69) is 32.0 Å². The fourth-order valence-corrected chi connectivity index (χ4v) is 5.28. The minimum atomic E-state index is -3.60. The van der Waals surface area contributed by atoms with Crippen LogP contribution in [0.25, 0.3) is 0 Å². The van der Waals surface area contributed by atoms with Crippen LogP contribution in [-0.2, 0) is 14.8 Å². The molecule has 1 fully saturated rings. The molecule has 0 aliphatic carbocycles. The number of nitrogens with one attached hydrogen (secondary N) is 2. The van der Waals surface area contributed by atoms with E-state index < -0.39 is 10.0 Å². The van der Waals surface area contributed by atoms with Crippen LogP contribution in [0.2, 0.25) is 0 Å². The smallest absolute Gasteiger partial charge is 0.250 e. The molecule has 1 aliphatic rings. The Morgan fingerprint density at radius 2 is 1.87 bits per heavy atom. The van der Waals surface area contributed by atoms with E-state index >= 15 is 0 Å². The van der Waals surface area contributed by atoms with Gasteiger partial charge in [-0.25, -0.2) is 13.1 Å². The zero-order valence-electron chi connectivity index (χ0n) is 17.0. The van der Waals surface area contributed by atoms with E-state index in [0.717, 1.165) is 56.2 Å².